The van der Waals surface area contributed by atoms with E-state index in [0.29, 0.717) is 73.1 Å². The van der Waals surface area contributed by atoms with Crippen molar-refractivity contribution in [3.8, 4) is 11.9 Å². The molecule has 2 spiro atoms. The molecule has 0 bridgehead atoms. The monoisotopic (exact) mass is 659 g/mol. The molecule has 4 atom stereocenters. The molecule has 4 N–H and O–H groups in total. The first-order valence-corrected chi connectivity index (χ1v) is 18.1. The number of ether oxygens (including phenoxy) is 3. The summed E-state index contributed by atoms with van der Waals surface area (Å²) < 4.78 is 18.4. The number of carbonyl (C=O) groups excluding carboxylic acids is 1. The van der Waals surface area contributed by atoms with Crippen LogP contribution in [0.1, 0.15) is 96.2 Å². The molecule has 3 saturated heterocycles. The summed E-state index contributed by atoms with van der Waals surface area (Å²) in [6, 6.07) is 2.96. The second-order valence-electron chi connectivity index (χ2n) is 14.6. The Hall–Kier alpha value is -3.08. The summed E-state index contributed by atoms with van der Waals surface area (Å²) in [6.07, 6.45) is 7.64. The van der Waals surface area contributed by atoms with Crippen LogP contribution >= 0.6 is 11.3 Å². The minimum atomic E-state index is -0.572. The van der Waals surface area contributed by atoms with Gasteiger partial charge in [-0.15, -0.1) is 11.3 Å². The lowest BCUT2D eigenvalue weighted by atomic mass is 9.62. The molecule has 3 fully saturated rings. The van der Waals surface area contributed by atoms with Crippen LogP contribution in [0.2, 0.25) is 0 Å². The highest BCUT2D eigenvalue weighted by Crippen LogP contribution is 2.53. The molecular formula is C35H45N7O4S. The molecule has 0 aromatic carbocycles. The van der Waals surface area contributed by atoms with E-state index in [-0.39, 0.29) is 29.2 Å². The predicted molar refractivity (Wildman–Crippen MR) is 177 cm³/mol. The first kappa shape index (κ1) is 31.2. The minimum Gasteiger partial charge on any atom is -0.473 e. The van der Waals surface area contributed by atoms with Gasteiger partial charge in [-0.25, -0.2) is 4.98 Å². The van der Waals surface area contributed by atoms with Crippen molar-refractivity contribution in [2.45, 2.75) is 100 Å². The van der Waals surface area contributed by atoms with Gasteiger partial charge in [0.2, 0.25) is 17.5 Å². The van der Waals surface area contributed by atoms with Crippen molar-refractivity contribution >= 4 is 22.1 Å². The summed E-state index contributed by atoms with van der Waals surface area (Å²) in [4.78, 5) is 30.8. The van der Waals surface area contributed by atoms with Gasteiger partial charge in [0, 0.05) is 47.3 Å². The van der Waals surface area contributed by atoms with E-state index in [1.54, 1.807) is 0 Å². The molecule has 2 aromatic heterocycles. The average molecular weight is 660 g/mol. The number of likely N-dealkylation sites (tertiary alicyclic amines) is 1. The Morgan fingerprint density at radius 3 is 2.64 bits per heavy atom. The molecule has 8 rings (SSSR count). The molecule has 47 heavy (non-hydrogen) atoms. The van der Waals surface area contributed by atoms with Crippen molar-refractivity contribution in [3.63, 3.8) is 0 Å². The molecular weight excluding hydrogens is 614 g/mol. The second kappa shape index (κ2) is 11.8. The van der Waals surface area contributed by atoms with Crippen LogP contribution in [-0.2, 0) is 33.3 Å². The number of hydrogen-bond acceptors (Lipinski definition) is 12. The standard InChI is InChI=1S/C35H45N7O4S/c1-20(25-7-5-12-41(25)2)46-33-24-15-42(21-16-45-17-21)18-34(11-13-44-19-34)30(24)39-32(40-33)28(43)22-6-3-9-35(29(22)37)10-4-8-26-27(35)23(14-36)31(38)47-26/h20-21,25H,3-13,15-19,37-38H2,1-2H3/t20-,25-,34-,35-/m0/s1. The lowest BCUT2D eigenvalue weighted by Crippen LogP contribution is -2.56. The number of Topliss-reactive ketones (excluding diaryl/α,β-unsaturated/α-hetero) is 1. The van der Waals surface area contributed by atoms with Gasteiger partial charge in [-0.1, -0.05) is 0 Å². The van der Waals surface area contributed by atoms with Gasteiger partial charge in [0.25, 0.3) is 0 Å². The fourth-order valence-corrected chi connectivity index (χ4v) is 10.5. The van der Waals surface area contributed by atoms with Crippen molar-refractivity contribution in [3.05, 3.63) is 44.4 Å². The summed E-state index contributed by atoms with van der Waals surface area (Å²) in [5.74, 6) is 0.413. The average Bonchev–Trinajstić information content (AvgIpc) is 3.76. The Morgan fingerprint density at radius 2 is 1.96 bits per heavy atom. The molecule has 6 aliphatic rings. The lowest BCUT2D eigenvalue weighted by Gasteiger charge is -2.46. The number of ketones is 1. The Bertz CT molecular complexity index is 1670. The van der Waals surface area contributed by atoms with E-state index >= 15 is 0 Å². The third kappa shape index (κ3) is 4.92. The van der Waals surface area contributed by atoms with E-state index in [1.807, 2.05) is 0 Å². The molecule has 4 aliphatic heterocycles. The maximum absolute atomic E-state index is 14.7. The van der Waals surface area contributed by atoms with E-state index in [4.69, 9.17) is 35.6 Å². The smallest absolute Gasteiger partial charge is 0.228 e. The van der Waals surface area contributed by atoms with Crippen molar-refractivity contribution in [2.24, 2.45) is 5.73 Å². The number of fused-ring (bicyclic) bond motifs is 4. The number of rotatable bonds is 6. The third-order valence-corrected chi connectivity index (χ3v) is 13.0. The number of nitrogens with two attached hydrogens (primary N) is 2. The molecule has 0 radical (unpaired) electrons. The zero-order valence-electron chi connectivity index (χ0n) is 27.5. The predicted octanol–water partition coefficient (Wildman–Crippen LogP) is 3.58. The number of carbonyl (C=O) groups is 1. The summed E-state index contributed by atoms with van der Waals surface area (Å²) in [5, 5.41) is 10.6. The van der Waals surface area contributed by atoms with Crippen LogP contribution < -0.4 is 16.2 Å². The number of allylic oxidation sites excluding steroid dienone is 2. The van der Waals surface area contributed by atoms with Gasteiger partial charge >= 0.3 is 0 Å². The highest BCUT2D eigenvalue weighted by molar-refractivity contribution is 7.16. The molecule has 6 heterocycles. The van der Waals surface area contributed by atoms with Gasteiger partial charge < -0.3 is 25.7 Å². The normalized spacial score (nSPS) is 30.3. The van der Waals surface area contributed by atoms with Crippen molar-refractivity contribution in [1.29, 1.82) is 5.26 Å². The number of anilines is 1. The first-order chi connectivity index (χ1) is 22.7. The Kier molecular flexibility index (Phi) is 7.84. The third-order valence-electron chi connectivity index (χ3n) is 11.9. The van der Waals surface area contributed by atoms with E-state index in [0.717, 1.165) is 86.2 Å². The maximum Gasteiger partial charge on any atom is 0.228 e. The lowest BCUT2D eigenvalue weighted by molar-refractivity contribution is -0.0792. The van der Waals surface area contributed by atoms with Crippen LogP contribution in [0.5, 0.6) is 5.88 Å². The Morgan fingerprint density at radius 1 is 1.15 bits per heavy atom. The highest BCUT2D eigenvalue weighted by Gasteiger charge is 2.50. The maximum atomic E-state index is 14.7. The van der Waals surface area contributed by atoms with E-state index in [9.17, 15) is 10.1 Å². The molecule has 0 amide bonds. The zero-order valence-corrected chi connectivity index (χ0v) is 28.3. The molecule has 11 nitrogen and oxygen atoms in total. The van der Waals surface area contributed by atoms with Gasteiger partial charge in [-0.05, 0) is 83.9 Å². The molecule has 0 unspecified atom stereocenters. The number of nitriles is 1. The Labute approximate surface area is 280 Å². The van der Waals surface area contributed by atoms with Gasteiger partial charge in [0.05, 0.1) is 48.1 Å². The van der Waals surface area contributed by atoms with Gasteiger partial charge in [-0.3, -0.25) is 14.6 Å². The van der Waals surface area contributed by atoms with Crippen molar-refractivity contribution in [2.75, 3.05) is 52.3 Å². The van der Waals surface area contributed by atoms with Crippen LogP contribution in [0.4, 0.5) is 5.00 Å². The topological polar surface area (TPSA) is 153 Å². The number of aromatic nitrogens is 2. The van der Waals surface area contributed by atoms with Crippen LogP contribution in [0.3, 0.4) is 0 Å². The number of thiophene rings is 1. The highest BCUT2D eigenvalue weighted by atomic mass is 32.1. The van der Waals surface area contributed by atoms with Crippen molar-refractivity contribution < 1.29 is 19.0 Å². The molecule has 0 saturated carbocycles. The molecule has 2 aromatic rings. The summed E-state index contributed by atoms with van der Waals surface area (Å²) >= 11 is 1.49. The summed E-state index contributed by atoms with van der Waals surface area (Å²) in [6.45, 7) is 7.22. The van der Waals surface area contributed by atoms with E-state index in [1.165, 1.54) is 11.3 Å². The number of aryl methyl sites for hydroxylation is 1. The van der Waals surface area contributed by atoms with Crippen LogP contribution in [0.25, 0.3) is 0 Å². The summed E-state index contributed by atoms with van der Waals surface area (Å²) in [7, 11) is 2.15. The summed E-state index contributed by atoms with van der Waals surface area (Å²) in [5.41, 5.74) is 17.0. The SMILES string of the molecule is C[C@H](Oc1nc(C(=O)C2=C(N)[C@@]3(CCC2)CCCc2sc(N)c(C#N)c23)nc2c1CN(C1COC1)C[C@]21CCOC1)[C@@H]1CCCN1C. The second-order valence-corrected chi connectivity index (χ2v) is 15.8. The van der Waals surface area contributed by atoms with E-state index in [2.05, 4.69) is 29.8 Å². The minimum absolute atomic E-state index is 0.112. The Balaban J connectivity index is 1.24. The number of nitrogen functional groups attached to an aromatic ring is 1. The first-order valence-electron chi connectivity index (χ1n) is 17.3. The number of nitrogens with zero attached hydrogens (tertiary/aromatic N) is 5. The quantitative estimate of drug-likeness (QED) is 0.438. The zero-order chi connectivity index (χ0) is 32.5. The fraction of sp³-hybridized carbons (Fsp3) is 0.657. The molecule has 12 heteroatoms. The van der Waals surface area contributed by atoms with Gasteiger partial charge in [0.1, 0.15) is 17.2 Å². The number of hydrogen-bond donors (Lipinski definition) is 2. The van der Waals surface area contributed by atoms with Gasteiger partial charge in [0.15, 0.2) is 0 Å². The van der Waals surface area contributed by atoms with E-state index < -0.39 is 5.41 Å². The number of likely N-dealkylation sites (N-methyl/N-ethyl adjacent to an activating group) is 1. The van der Waals surface area contributed by atoms with Crippen LogP contribution in [0.15, 0.2) is 11.3 Å². The van der Waals surface area contributed by atoms with Gasteiger partial charge in [-0.2, -0.15) is 10.2 Å². The van der Waals surface area contributed by atoms with Crippen molar-refractivity contribution in [1.82, 2.24) is 19.8 Å². The molecule has 2 aliphatic carbocycles. The largest absolute Gasteiger partial charge is 0.473 e. The van der Waals surface area contributed by atoms with Crippen LogP contribution in [-0.4, -0.2) is 90.3 Å². The fourth-order valence-electron chi connectivity index (χ4n) is 9.34. The molecule has 250 valence electrons. The van der Waals surface area contributed by atoms with Crippen LogP contribution in [0, 0.1) is 11.3 Å².